The second-order valence-electron chi connectivity index (χ2n) is 6.60. The summed E-state index contributed by atoms with van der Waals surface area (Å²) in [7, 11) is -7.03. The van der Waals surface area contributed by atoms with Crippen LogP contribution in [0.4, 0.5) is 5.69 Å². The molecule has 0 atom stereocenters. The molecule has 1 saturated heterocycles. The molecule has 1 aliphatic heterocycles. The van der Waals surface area contributed by atoms with Crippen LogP contribution < -0.4 is 4.72 Å². The minimum absolute atomic E-state index is 0.0754. The molecule has 9 heteroatoms. The Balaban J connectivity index is 1.77. The van der Waals surface area contributed by atoms with Crippen LogP contribution in [0.15, 0.2) is 47.4 Å². The number of hydrogen-bond donors (Lipinski definition) is 1. The predicted octanol–water partition coefficient (Wildman–Crippen LogP) is 3.33. The molecule has 0 radical (unpaired) electrons. The van der Waals surface area contributed by atoms with Gasteiger partial charge in [0.1, 0.15) is 0 Å². The maximum absolute atomic E-state index is 12.5. The maximum Gasteiger partial charge on any atom is 0.261 e. The third-order valence-corrected chi connectivity index (χ3v) is 8.54. The number of nitrogens with one attached hydrogen (secondary N) is 1. The molecule has 6 nitrogen and oxygen atoms in total. The van der Waals surface area contributed by atoms with Gasteiger partial charge in [-0.1, -0.05) is 23.8 Å². The first-order valence-corrected chi connectivity index (χ1v) is 12.7. The molecule has 0 bridgehead atoms. The van der Waals surface area contributed by atoms with E-state index in [1.165, 1.54) is 4.31 Å². The predicted molar refractivity (Wildman–Crippen MR) is 115 cm³/mol. The Kier molecular flexibility index (Phi) is 6.14. The van der Waals surface area contributed by atoms with Crippen molar-refractivity contribution < 1.29 is 16.8 Å². The highest BCUT2D eigenvalue weighted by Gasteiger charge is 2.25. The van der Waals surface area contributed by atoms with Gasteiger partial charge in [-0.3, -0.25) is 4.72 Å². The van der Waals surface area contributed by atoms with E-state index in [-0.39, 0.29) is 10.6 Å². The molecule has 1 N–H and O–H groups in total. The Bertz CT molecular complexity index is 1030. The van der Waals surface area contributed by atoms with E-state index in [0.29, 0.717) is 27.9 Å². The molecule has 1 aliphatic rings. The first kappa shape index (κ1) is 20.6. The smallest absolute Gasteiger partial charge is 0.261 e. The molecule has 1 heterocycles. The summed E-state index contributed by atoms with van der Waals surface area (Å²) >= 11 is 2.02. The van der Waals surface area contributed by atoms with Crippen molar-refractivity contribution in [1.29, 1.82) is 0 Å². The number of benzene rings is 2. The molecule has 146 valence electrons. The monoisotopic (exact) mass is 520 g/mol. The molecule has 2 aromatic rings. The SMILES string of the molecule is Cc1ccc(S(=O)(=O)Nc2ccc(CS(=O)(=O)N3CCCC3)cc2I)cc1. The lowest BCUT2D eigenvalue weighted by molar-refractivity contribution is 0.476. The molecule has 0 aromatic heterocycles. The standard InChI is InChI=1S/C18H21IN2O4S2/c1-14-4-7-16(8-5-14)27(24,25)20-18-9-6-15(12-17(18)19)13-26(22,23)21-10-2-3-11-21/h4-9,12,20H,2-3,10-11,13H2,1H3. The van der Waals surface area contributed by atoms with Crippen molar-refractivity contribution in [1.82, 2.24) is 4.31 Å². The van der Waals surface area contributed by atoms with Gasteiger partial charge in [0.15, 0.2) is 0 Å². The van der Waals surface area contributed by atoms with Crippen LogP contribution in [0.2, 0.25) is 0 Å². The van der Waals surface area contributed by atoms with E-state index in [2.05, 4.69) is 4.72 Å². The van der Waals surface area contributed by atoms with Gasteiger partial charge in [-0.15, -0.1) is 0 Å². The molecule has 0 unspecified atom stereocenters. The second kappa shape index (κ2) is 8.06. The number of hydrogen-bond acceptors (Lipinski definition) is 4. The highest BCUT2D eigenvalue weighted by molar-refractivity contribution is 14.1. The second-order valence-corrected chi connectivity index (χ2v) is 11.4. The largest absolute Gasteiger partial charge is 0.279 e. The molecule has 0 saturated carbocycles. The summed E-state index contributed by atoms with van der Waals surface area (Å²) in [6.45, 7) is 3.05. The number of aryl methyl sites for hydroxylation is 1. The highest BCUT2D eigenvalue weighted by Crippen LogP contribution is 2.25. The summed E-state index contributed by atoms with van der Waals surface area (Å²) in [6, 6.07) is 11.6. The number of halogens is 1. The van der Waals surface area contributed by atoms with Crippen molar-refractivity contribution >= 4 is 48.3 Å². The molecular weight excluding hydrogens is 499 g/mol. The van der Waals surface area contributed by atoms with Crippen LogP contribution in [0.5, 0.6) is 0 Å². The molecule has 0 spiro atoms. The van der Waals surface area contributed by atoms with Gasteiger partial charge in [-0.05, 0) is 72.2 Å². The molecule has 3 rings (SSSR count). The third-order valence-electron chi connectivity index (χ3n) is 4.42. The quantitative estimate of drug-likeness (QED) is 0.593. The first-order chi connectivity index (χ1) is 12.7. The van der Waals surface area contributed by atoms with E-state index in [0.717, 1.165) is 18.4 Å². The number of rotatable bonds is 6. The van der Waals surface area contributed by atoms with Crippen molar-refractivity contribution in [2.75, 3.05) is 17.8 Å². The summed E-state index contributed by atoms with van der Waals surface area (Å²) in [5.41, 5.74) is 2.05. The van der Waals surface area contributed by atoms with Crippen molar-refractivity contribution in [2.45, 2.75) is 30.4 Å². The van der Waals surface area contributed by atoms with Crippen LogP contribution in [0, 0.1) is 10.5 Å². The Morgan fingerprint density at radius 1 is 1.00 bits per heavy atom. The lowest BCUT2D eigenvalue weighted by Crippen LogP contribution is -2.29. The van der Waals surface area contributed by atoms with E-state index in [4.69, 9.17) is 0 Å². The third kappa shape index (κ3) is 5.01. The van der Waals surface area contributed by atoms with E-state index in [1.54, 1.807) is 42.5 Å². The normalized spacial score (nSPS) is 15.8. The van der Waals surface area contributed by atoms with E-state index in [9.17, 15) is 16.8 Å². The molecule has 0 aliphatic carbocycles. The van der Waals surface area contributed by atoms with Crippen molar-refractivity contribution in [3.8, 4) is 0 Å². The molecular formula is C18H21IN2O4S2. The summed E-state index contributed by atoms with van der Waals surface area (Å²) < 4.78 is 54.7. The Labute approximate surface area is 174 Å². The number of nitrogens with zero attached hydrogens (tertiary/aromatic N) is 1. The summed E-state index contributed by atoms with van der Waals surface area (Å²) in [4.78, 5) is 0.185. The summed E-state index contributed by atoms with van der Waals surface area (Å²) in [5.74, 6) is -0.0754. The van der Waals surface area contributed by atoms with Gasteiger partial charge >= 0.3 is 0 Å². The number of anilines is 1. The van der Waals surface area contributed by atoms with E-state index < -0.39 is 20.0 Å². The van der Waals surface area contributed by atoms with Crippen molar-refractivity contribution in [3.05, 3.63) is 57.2 Å². The Morgan fingerprint density at radius 3 is 2.22 bits per heavy atom. The molecule has 1 fully saturated rings. The van der Waals surface area contributed by atoms with Gasteiger partial charge in [0.05, 0.1) is 16.3 Å². The van der Waals surface area contributed by atoms with Crippen LogP contribution in [0.25, 0.3) is 0 Å². The molecule has 27 heavy (non-hydrogen) atoms. The number of sulfonamides is 2. The fourth-order valence-electron chi connectivity index (χ4n) is 2.92. The fraction of sp³-hybridized carbons (Fsp3) is 0.333. The van der Waals surface area contributed by atoms with Gasteiger partial charge in [0.25, 0.3) is 10.0 Å². The molecule has 2 aromatic carbocycles. The zero-order chi connectivity index (χ0) is 19.7. The van der Waals surface area contributed by atoms with Gasteiger partial charge < -0.3 is 0 Å². The van der Waals surface area contributed by atoms with Gasteiger partial charge in [-0.25, -0.2) is 21.1 Å². The fourth-order valence-corrected chi connectivity index (χ4v) is 6.50. The topological polar surface area (TPSA) is 83.5 Å². The van der Waals surface area contributed by atoms with Gasteiger partial charge in [-0.2, -0.15) is 0 Å². The zero-order valence-corrected chi connectivity index (χ0v) is 18.6. The zero-order valence-electron chi connectivity index (χ0n) is 14.9. The Morgan fingerprint density at radius 2 is 1.63 bits per heavy atom. The average molecular weight is 520 g/mol. The van der Waals surface area contributed by atoms with Gasteiger partial charge in [0.2, 0.25) is 10.0 Å². The Hall–Kier alpha value is -1.17. The summed E-state index contributed by atoms with van der Waals surface area (Å²) in [6.07, 6.45) is 1.80. The maximum atomic E-state index is 12.5. The van der Waals surface area contributed by atoms with Crippen LogP contribution >= 0.6 is 22.6 Å². The highest BCUT2D eigenvalue weighted by atomic mass is 127. The van der Waals surface area contributed by atoms with E-state index in [1.807, 2.05) is 29.5 Å². The van der Waals surface area contributed by atoms with Crippen molar-refractivity contribution in [2.24, 2.45) is 0 Å². The van der Waals surface area contributed by atoms with Crippen LogP contribution in [0.3, 0.4) is 0 Å². The minimum Gasteiger partial charge on any atom is -0.279 e. The minimum atomic E-state index is -3.69. The van der Waals surface area contributed by atoms with Crippen LogP contribution in [-0.4, -0.2) is 34.2 Å². The van der Waals surface area contributed by atoms with Crippen LogP contribution in [0.1, 0.15) is 24.0 Å². The lowest BCUT2D eigenvalue weighted by Gasteiger charge is -2.16. The van der Waals surface area contributed by atoms with E-state index >= 15 is 0 Å². The van der Waals surface area contributed by atoms with Crippen LogP contribution in [-0.2, 0) is 25.8 Å². The van der Waals surface area contributed by atoms with Gasteiger partial charge in [0, 0.05) is 16.7 Å². The lowest BCUT2D eigenvalue weighted by atomic mass is 10.2. The first-order valence-electron chi connectivity index (χ1n) is 8.53. The average Bonchev–Trinajstić information content (AvgIpc) is 3.13. The summed E-state index contributed by atoms with van der Waals surface area (Å²) in [5, 5.41) is 0. The van der Waals surface area contributed by atoms with Crippen molar-refractivity contribution in [3.63, 3.8) is 0 Å². The molecule has 0 amide bonds.